The molecule has 1 aromatic carbocycles. The lowest BCUT2D eigenvalue weighted by molar-refractivity contribution is 0.00578. The number of anilines is 1. The maximum absolute atomic E-state index is 15.1. The molecule has 0 bridgehead atoms. The van der Waals surface area contributed by atoms with Gasteiger partial charge >= 0.3 is 7.12 Å². The molecule has 5 nitrogen and oxygen atoms in total. The second-order valence-electron chi connectivity index (χ2n) is 10.5. The Morgan fingerprint density at radius 3 is 2.50 bits per heavy atom. The number of hydrogen-bond donors (Lipinski definition) is 0. The molecule has 2 aromatic rings. The van der Waals surface area contributed by atoms with Crippen molar-refractivity contribution in [2.45, 2.75) is 95.4 Å². The van der Waals surface area contributed by atoms with Gasteiger partial charge in [-0.2, -0.15) is 0 Å². The first-order valence-electron chi connectivity index (χ1n) is 12.0. The number of halogens is 3. The Balaban J connectivity index is 1.72. The summed E-state index contributed by atoms with van der Waals surface area (Å²) in [5, 5.41) is 1.29. The summed E-state index contributed by atoms with van der Waals surface area (Å²) in [5.74, 6) is 1.06. The van der Waals surface area contributed by atoms with Crippen LogP contribution >= 0.6 is 39.3 Å². The van der Waals surface area contributed by atoms with E-state index in [1.54, 1.807) is 6.07 Å². The van der Waals surface area contributed by atoms with Crippen molar-refractivity contribution >= 4 is 63.1 Å². The number of aromatic nitrogens is 2. The van der Waals surface area contributed by atoms with Crippen LogP contribution in [-0.2, 0) is 9.31 Å². The fourth-order valence-electron chi connectivity index (χ4n) is 4.87. The molecule has 0 amide bonds. The molecule has 2 aliphatic rings. The molecular formula is C24H33BBrClFN3O2S. The van der Waals surface area contributed by atoms with E-state index < -0.39 is 5.82 Å². The second-order valence-corrected chi connectivity index (χ2v) is 13.0. The first kappa shape index (κ1) is 26.5. The third kappa shape index (κ3) is 4.84. The number of nitrogens with zero attached hydrogens (tertiary/aromatic N) is 3. The van der Waals surface area contributed by atoms with Gasteiger partial charge < -0.3 is 14.2 Å². The quantitative estimate of drug-likeness (QED) is 0.154. The van der Waals surface area contributed by atoms with Crippen LogP contribution in [0.1, 0.15) is 67.2 Å². The maximum atomic E-state index is 15.1. The highest BCUT2D eigenvalue weighted by Gasteiger charge is 2.51. The summed E-state index contributed by atoms with van der Waals surface area (Å²) in [6, 6.07) is 1.60. The van der Waals surface area contributed by atoms with Gasteiger partial charge in [-0.3, -0.25) is 0 Å². The van der Waals surface area contributed by atoms with Crippen LogP contribution in [0.5, 0.6) is 0 Å². The fourth-order valence-corrected chi connectivity index (χ4v) is 6.36. The average molecular weight is 573 g/mol. The summed E-state index contributed by atoms with van der Waals surface area (Å²) in [5.41, 5.74) is -0.602. The highest BCUT2D eigenvalue weighted by atomic mass is 79.9. The molecular weight excluding hydrogens is 540 g/mol. The number of fused-ring (bicyclic) bond motifs is 1. The number of hydrogen-bond acceptors (Lipinski definition) is 6. The Morgan fingerprint density at radius 2 is 1.85 bits per heavy atom. The zero-order chi connectivity index (χ0) is 24.9. The van der Waals surface area contributed by atoms with E-state index in [9.17, 15) is 0 Å². The van der Waals surface area contributed by atoms with E-state index in [2.05, 4.69) is 60.4 Å². The topological polar surface area (TPSA) is 47.5 Å². The first-order chi connectivity index (χ1) is 15.9. The number of thioether (sulfide) groups is 1. The summed E-state index contributed by atoms with van der Waals surface area (Å²) >= 11 is 11.3. The molecule has 186 valence electrons. The molecule has 3 heterocycles. The zero-order valence-corrected chi connectivity index (χ0v) is 24.0. The minimum Gasteiger partial charge on any atom is -0.403 e. The van der Waals surface area contributed by atoms with E-state index in [-0.39, 0.29) is 34.4 Å². The molecule has 4 rings (SSSR count). The van der Waals surface area contributed by atoms with E-state index >= 15 is 4.39 Å². The summed E-state index contributed by atoms with van der Waals surface area (Å²) in [6.07, 6.45) is 4.86. The number of piperidine rings is 1. The van der Waals surface area contributed by atoms with Crippen molar-refractivity contribution in [1.29, 1.82) is 0 Å². The van der Waals surface area contributed by atoms with Gasteiger partial charge in [-0.05, 0) is 94.4 Å². The van der Waals surface area contributed by atoms with Gasteiger partial charge in [0.25, 0.3) is 0 Å². The van der Waals surface area contributed by atoms with Crippen molar-refractivity contribution in [3.63, 3.8) is 0 Å². The van der Waals surface area contributed by atoms with Crippen LogP contribution in [0.25, 0.3) is 10.9 Å². The van der Waals surface area contributed by atoms with E-state index in [1.807, 2.05) is 6.92 Å². The molecule has 0 spiro atoms. The number of benzene rings is 1. The molecule has 0 aliphatic carbocycles. The van der Waals surface area contributed by atoms with Gasteiger partial charge in [-0.1, -0.05) is 30.3 Å². The van der Waals surface area contributed by atoms with Crippen molar-refractivity contribution in [2.24, 2.45) is 0 Å². The normalized spacial score (nSPS) is 24.3. The van der Waals surface area contributed by atoms with Crippen LogP contribution in [0.3, 0.4) is 0 Å². The van der Waals surface area contributed by atoms with Gasteiger partial charge in [0.15, 0.2) is 11.0 Å². The lowest BCUT2D eigenvalue weighted by atomic mass is 9.74. The third-order valence-corrected chi connectivity index (χ3v) is 9.16. The van der Waals surface area contributed by atoms with Crippen LogP contribution < -0.4 is 4.90 Å². The summed E-state index contributed by atoms with van der Waals surface area (Å²) in [7, 11) is -0.248. The van der Waals surface area contributed by atoms with Crippen molar-refractivity contribution in [3.8, 4) is 0 Å². The highest BCUT2D eigenvalue weighted by molar-refractivity contribution is 9.10. The first-order valence-corrected chi connectivity index (χ1v) is 14.2. The molecule has 1 unspecified atom stereocenters. The van der Waals surface area contributed by atoms with Gasteiger partial charge in [0.2, 0.25) is 0 Å². The lowest BCUT2D eigenvalue weighted by Crippen LogP contribution is -2.51. The molecule has 10 heteroatoms. The molecule has 0 saturated carbocycles. The van der Waals surface area contributed by atoms with Gasteiger partial charge in [0.1, 0.15) is 11.3 Å². The highest BCUT2D eigenvalue weighted by Crippen LogP contribution is 2.44. The van der Waals surface area contributed by atoms with Crippen molar-refractivity contribution in [1.82, 2.24) is 9.97 Å². The van der Waals surface area contributed by atoms with Gasteiger partial charge in [0, 0.05) is 16.6 Å². The monoisotopic (exact) mass is 571 g/mol. The van der Waals surface area contributed by atoms with E-state index in [0.717, 1.165) is 50.1 Å². The van der Waals surface area contributed by atoms with Crippen LogP contribution in [0.4, 0.5) is 10.2 Å². The Morgan fingerprint density at radius 1 is 1.18 bits per heavy atom. The van der Waals surface area contributed by atoms with Crippen molar-refractivity contribution in [3.05, 3.63) is 21.4 Å². The smallest absolute Gasteiger partial charge is 0.403 e. The summed E-state index contributed by atoms with van der Waals surface area (Å²) in [6.45, 7) is 13.5. The fraction of sp³-hybridized carbons (Fsp3) is 0.667. The zero-order valence-electron chi connectivity index (χ0n) is 20.8. The van der Waals surface area contributed by atoms with Crippen LogP contribution in [-0.4, -0.2) is 46.1 Å². The maximum Gasteiger partial charge on any atom is 0.457 e. The standard InChI is InChI=1S/C24H33BBrClFN3O2S/c1-7-34-21-29-19-17(15(26)14-16(27)18(19)28)20(30-21)31-13-9-8-10-24(31,6)11-12-25-32-22(2,3)23(4,5)33-25/h14H,7-13H2,1-6H3. The summed E-state index contributed by atoms with van der Waals surface area (Å²) < 4.78 is 28.4. The van der Waals surface area contributed by atoms with Gasteiger partial charge in [0.05, 0.1) is 21.6 Å². The molecule has 2 aliphatic heterocycles. The Kier molecular flexibility index (Phi) is 7.54. The van der Waals surface area contributed by atoms with Crippen molar-refractivity contribution < 1.29 is 13.7 Å². The third-order valence-electron chi connectivity index (χ3n) is 7.53. The van der Waals surface area contributed by atoms with Crippen LogP contribution in [0.15, 0.2) is 15.7 Å². The van der Waals surface area contributed by atoms with E-state index in [4.69, 9.17) is 25.9 Å². The Bertz CT molecular complexity index is 1080. The minimum absolute atomic E-state index is 0.0543. The minimum atomic E-state index is -0.502. The molecule has 34 heavy (non-hydrogen) atoms. The van der Waals surface area contributed by atoms with Crippen molar-refractivity contribution in [2.75, 3.05) is 17.2 Å². The van der Waals surface area contributed by atoms with Crippen LogP contribution in [0, 0.1) is 5.82 Å². The Hall–Kier alpha value is -0.605. The predicted octanol–water partition coefficient (Wildman–Crippen LogP) is 7.53. The summed E-state index contributed by atoms with van der Waals surface area (Å²) in [4.78, 5) is 11.8. The van der Waals surface area contributed by atoms with Gasteiger partial charge in [-0.25, -0.2) is 14.4 Å². The molecule has 0 radical (unpaired) electrons. The SMILES string of the molecule is CCSc1nc(N2CCCCC2(C)CCB2OC(C)(C)C(C)(C)O2)c2c(Br)cc(Cl)c(F)c2n1. The molecule has 1 atom stereocenters. The van der Waals surface area contributed by atoms with Crippen LogP contribution in [0.2, 0.25) is 11.3 Å². The molecule has 2 fully saturated rings. The largest absolute Gasteiger partial charge is 0.457 e. The lowest BCUT2D eigenvalue weighted by Gasteiger charge is -2.46. The second kappa shape index (κ2) is 9.69. The Labute approximate surface area is 220 Å². The van der Waals surface area contributed by atoms with E-state index in [0.29, 0.717) is 15.0 Å². The van der Waals surface area contributed by atoms with Gasteiger partial charge in [-0.15, -0.1) is 0 Å². The average Bonchev–Trinajstić information content (AvgIpc) is 2.97. The molecule has 1 aromatic heterocycles. The number of rotatable bonds is 6. The van der Waals surface area contributed by atoms with E-state index in [1.165, 1.54) is 11.8 Å². The predicted molar refractivity (Wildman–Crippen MR) is 144 cm³/mol. The molecule has 2 saturated heterocycles. The molecule has 0 N–H and O–H groups in total.